The molecule has 2 rings (SSSR count). The zero-order chi connectivity index (χ0) is 16.8. The Labute approximate surface area is 134 Å². The largest absolute Gasteiger partial charge is 0.347 e. The lowest BCUT2D eigenvalue weighted by Gasteiger charge is -2.13. The SMILES string of the molecule is Cc1ccc(F)cc1NC(=O)C(=O)NC[C@@H](C)c1ccccc1. The van der Waals surface area contributed by atoms with Gasteiger partial charge in [0.1, 0.15) is 5.82 Å². The molecule has 120 valence electrons. The summed E-state index contributed by atoms with van der Waals surface area (Å²) in [5.74, 6) is -1.93. The molecule has 0 bridgehead atoms. The number of anilines is 1. The molecule has 2 aromatic rings. The molecule has 0 unspecified atom stereocenters. The first-order chi connectivity index (χ1) is 11.0. The van der Waals surface area contributed by atoms with Gasteiger partial charge in [-0.15, -0.1) is 0 Å². The average molecular weight is 314 g/mol. The van der Waals surface area contributed by atoms with Crippen molar-refractivity contribution in [2.45, 2.75) is 19.8 Å². The number of hydrogen-bond acceptors (Lipinski definition) is 2. The molecule has 2 aromatic carbocycles. The standard InChI is InChI=1S/C18H19FN2O2/c1-12-8-9-15(19)10-16(12)21-18(23)17(22)20-11-13(2)14-6-4-3-5-7-14/h3-10,13H,11H2,1-2H3,(H,20,22)(H,21,23)/t13-/m1/s1. The third-order valence-electron chi connectivity index (χ3n) is 3.59. The van der Waals surface area contributed by atoms with E-state index in [4.69, 9.17) is 0 Å². The number of halogens is 1. The van der Waals surface area contributed by atoms with Crippen LogP contribution in [0.1, 0.15) is 24.0 Å². The van der Waals surface area contributed by atoms with Gasteiger partial charge in [0.05, 0.1) is 0 Å². The van der Waals surface area contributed by atoms with Crippen molar-refractivity contribution in [3.63, 3.8) is 0 Å². The van der Waals surface area contributed by atoms with Gasteiger partial charge in [-0.3, -0.25) is 9.59 Å². The van der Waals surface area contributed by atoms with Crippen LogP contribution in [0, 0.1) is 12.7 Å². The molecule has 0 saturated heterocycles. The van der Waals surface area contributed by atoms with Gasteiger partial charge in [0.2, 0.25) is 0 Å². The van der Waals surface area contributed by atoms with E-state index in [1.165, 1.54) is 12.1 Å². The van der Waals surface area contributed by atoms with Gasteiger partial charge in [0, 0.05) is 12.2 Å². The molecule has 0 fully saturated rings. The molecule has 0 aliphatic rings. The van der Waals surface area contributed by atoms with Crippen LogP contribution in [-0.2, 0) is 9.59 Å². The summed E-state index contributed by atoms with van der Waals surface area (Å²) in [5, 5.41) is 5.01. The van der Waals surface area contributed by atoms with Crippen LogP contribution in [0.2, 0.25) is 0 Å². The summed E-state index contributed by atoms with van der Waals surface area (Å²) in [6.07, 6.45) is 0. The lowest BCUT2D eigenvalue weighted by Crippen LogP contribution is -2.37. The summed E-state index contributed by atoms with van der Waals surface area (Å²) in [5.41, 5.74) is 2.06. The van der Waals surface area contributed by atoms with Crippen molar-refractivity contribution in [1.29, 1.82) is 0 Å². The van der Waals surface area contributed by atoms with Crippen LogP contribution in [0.5, 0.6) is 0 Å². The molecular formula is C18H19FN2O2. The van der Waals surface area contributed by atoms with Crippen molar-refractivity contribution in [2.75, 3.05) is 11.9 Å². The molecule has 0 radical (unpaired) electrons. The maximum atomic E-state index is 13.2. The van der Waals surface area contributed by atoms with Crippen molar-refractivity contribution in [2.24, 2.45) is 0 Å². The van der Waals surface area contributed by atoms with Gasteiger partial charge in [-0.2, -0.15) is 0 Å². The van der Waals surface area contributed by atoms with Crippen molar-refractivity contribution < 1.29 is 14.0 Å². The molecule has 0 saturated carbocycles. The first kappa shape index (κ1) is 16.7. The summed E-state index contributed by atoms with van der Waals surface area (Å²) in [4.78, 5) is 23.7. The van der Waals surface area contributed by atoms with Crippen LogP contribution in [0.3, 0.4) is 0 Å². The van der Waals surface area contributed by atoms with E-state index < -0.39 is 17.6 Å². The van der Waals surface area contributed by atoms with Gasteiger partial charge >= 0.3 is 11.8 Å². The fourth-order valence-corrected chi connectivity index (χ4v) is 2.13. The Bertz CT molecular complexity index is 701. The van der Waals surface area contributed by atoms with Crippen molar-refractivity contribution >= 4 is 17.5 Å². The van der Waals surface area contributed by atoms with E-state index in [1.54, 1.807) is 13.0 Å². The van der Waals surface area contributed by atoms with Gasteiger partial charge in [-0.1, -0.05) is 43.3 Å². The van der Waals surface area contributed by atoms with Crippen molar-refractivity contribution in [3.05, 3.63) is 65.5 Å². The van der Waals surface area contributed by atoms with Crippen LogP contribution in [0.25, 0.3) is 0 Å². The summed E-state index contributed by atoms with van der Waals surface area (Å²) in [7, 11) is 0. The Morgan fingerprint density at radius 1 is 1.09 bits per heavy atom. The molecule has 1 atom stereocenters. The summed E-state index contributed by atoms with van der Waals surface area (Å²) in [6.45, 7) is 4.03. The molecule has 2 N–H and O–H groups in total. The van der Waals surface area contributed by atoms with Gasteiger partial charge in [-0.25, -0.2) is 4.39 Å². The van der Waals surface area contributed by atoms with E-state index in [0.717, 1.165) is 5.56 Å². The molecule has 0 aliphatic carbocycles. The molecule has 0 aromatic heterocycles. The van der Waals surface area contributed by atoms with Gasteiger partial charge in [0.25, 0.3) is 0 Å². The normalized spacial score (nSPS) is 11.6. The number of carbonyl (C=O) groups is 2. The monoisotopic (exact) mass is 314 g/mol. The number of aryl methyl sites for hydroxylation is 1. The highest BCUT2D eigenvalue weighted by molar-refractivity contribution is 6.39. The molecule has 4 nitrogen and oxygen atoms in total. The summed E-state index contributed by atoms with van der Waals surface area (Å²) >= 11 is 0. The molecule has 0 spiro atoms. The van der Waals surface area contributed by atoms with Crippen LogP contribution >= 0.6 is 0 Å². The predicted molar refractivity (Wildman–Crippen MR) is 87.6 cm³/mol. The maximum Gasteiger partial charge on any atom is 0.313 e. The van der Waals surface area contributed by atoms with E-state index in [1.807, 2.05) is 37.3 Å². The summed E-state index contributed by atoms with van der Waals surface area (Å²) in [6, 6.07) is 13.7. The van der Waals surface area contributed by atoms with E-state index >= 15 is 0 Å². The minimum absolute atomic E-state index is 0.0869. The van der Waals surface area contributed by atoms with Crippen LogP contribution < -0.4 is 10.6 Å². The molecule has 23 heavy (non-hydrogen) atoms. The average Bonchev–Trinajstić information content (AvgIpc) is 2.56. The number of hydrogen-bond donors (Lipinski definition) is 2. The number of nitrogens with one attached hydrogen (secondary N) is 2. The summed E-state index contributed by atoms with van der Waals surface area (Å²) < 4.78 is 13.2. The number of rotatable bonds is 4. The Balaban J connectivity index is 1.90. The predicted octanol–water partition coefficient (Wildman–Crippen LogP) is 2.99. The number of amides is 2. The Kier molecular flexibility index (Phi) is 5.46. The fraction of sp³-hybridized carbons (Fsp3) is 0.222. The first-order valence-electron chi connectivity index (χ1n) is 7.37. The van der Waals surface area contributed by atoms with Crippen LogP contribution in [0.15, 0.2) is 48.5 Å². The third-order valence-corrected chi connectivity index (χ3v) is 3.59. The highest BCUT2D eigenvalue weighted by Crippen LogP contribution is 2.16. The molecule has 5 heteroatoms. The lowest BCUT2D eigenvalue weighted by atomic mass is 10.0. The third kappa shape index (κ3) is 4.64. The minimum atomic E-state index is -0.807. The highest BCUT2D eigenvalue weighted by atomic mass is 19.1. The van der Waals surface area contributed by atoms with Crippen molar-refractivity contribution in [3.8, 4) is 0 Å². The second-order valence-corrected chi connectivity index (χ2v) is 5.44. The number of carbonyl (C=O) groups excluding carboxylic acids is 2. The van der Waals surface area contributed by atoms with Crippen LogP contribution in [-0.4, -0.2) is 18.4 Å². The quantitative estimate of drug-likeness (QED) is 0.852. The molecular weight excluding hydrogens is 295 g/mol. The highest BCUT2D eigenvalue weighted by Gasteiger charge is 2.16. The molecule has 2 amide bonds. The van der Waals surface area contributed by atoms with E-state index in [0.29, 0.717) is 17.8 Å². The minimum Gasteiger partial charge on any atom is -0.347 e. The fourth-order valence-electron chi connectivity index (χ4n) is 2.13. The van der Waals surface area contributed by atoms with Gasteiger partial charge in [-0.05, 0) is 36.1 Å². The van der Waals surface area contributed by atoms with Gasteiger partial charge < -0.3 is 10.6 Å². The lowest BCUT2D eigenvalue weighted by molar-refractivity contribution is -0.136. The first-order valence-corrected chi connectivity index (χ1v) is 7.37. The smallest absolute Gasteiger partial charge is 0.313 e. The number of benzene rings is 2. The zero-order valence-corrected chi connectivity index (χ0v) is 13.1. The second kappa shape index (κ2) is 7.54. The Morgan fingerprint density at radius 2 is 1.78 bits per heavy atom. The van der Waals surface area contributed by atoms with E-state index in [-0.39, 0.29) is 5.92 Å². The Hall–Kier alpha value is -2.69. The Morgan fingerprint density at radius 3 is 2.48 bits per heavy atom. The topological polar surface area (TPSA) is 58.2 Å². The van der Waals surface area contributed by atoms with E-state index in [9.17, 15) is 14.0 Å². The van der Waals surface area contributed by atoms with Crippen molar-refractivity contribution in [1.82, 2.24) is 5.32 Å². The second-order valence-electron chi connectivity index (χ2n) is 5.44. The maximum absolute atomic E-state index is 13.2. The van der Waals surface area contributed by atoms with Crippen LogP contribution in [0.4, 0.5) is 10.1 Å². The molecule has 0 heterocycles. The zero-order valence-electron chi connectivity index (χ0n) is 13.1. The molecule has 0 aliphatic heterocycles. The van der Waals surface area contributed by atoms with Gasteiger partial charge in [0.15, 0.2) is 0 Å². The van der Waals surface area contributed by atoms with E-state index in [2.05, 4.69) is 10.6 Å².